The zero-order valence-corrected chi connectivity index (χ0v) is 12.0. The SMILES string of the molecule is CCNC(CCc1ccccc1)c1cscc1C. The lowest BCUT2D eigenvalue weighted by molar-refractivity contribution is 0.515. The molecule has 0 bridgehead atoms. The zero-order valence-electron chi connectivity index (χ0n) is 11.1. The van der Waals surface area contributed by atoms with E-state index in [1.807, 2.05) is 0 Å². The molecule has 0 amide bonds. The predicted molar refractivity (Wildman–Crippen MR) is 80.2 cm³/mol. The van der Waals surface area contributed by atoms with Gasteiger partial charge in [0.2, 0.25) is 0 Å². The average molecular weight is 259 g/mol. The summed E-state index contributed by atoms with van der Waals surface area (Å²) in [5.74, 6) is 0. The Labute approximate surface area is 114 Å². The Morgan fingerprint density at radius 2 is 1.94 bits per heavy atom. The van der Waals surface area contributed by atoms with Crippen LogP contribution in [0.2, 0.25) is 0 Å². The van der Waals surface area contributed by atoms with E-state index in [0.717, 1.165) is 19.4 Å². The highest BCUT2D eigenvalue weighted by atomic mass is 32.1. The van der Waals surface area contributed by atoms with Crippen LogP contribution in [0, 0.1) is 6.92 Å². The van der Waals surface area contributed by atoms with E-state index in [1.54, 1.807) is 11.3 Å². The third-order valence-corrected chi connectivity index (χ3v) is 4.17. The van der Waals surface area contributed by atoms with Gasteiger partial charge >= 0.3 is 0 Å². The van der Waals surface area contributed by atoms with Gasteiger partial charge in [0.05, 0.1) is 0 Å². The number of hydrogen-bond acceptors (Lipinski definition) is 2. The Balaban J connectivity index is 2.01. The minimum Gasteiger partial charge on any atom is -0.310 e. The van der Waals surface area contributed by atoms with Crippen molar-refractivity contribution >= 4 is 11.3 Å². The van der Waals surface area contributed by atoms with Crippen molar-refractivity contribution in [2.45, 2.75) is 32.7 Å². The van der Waals surface area contributed by atoms with Crippen molar-refractivity contribution < 1.29 is 0 Å². The van der Waals surface area contributed by atoms with Crippen molar-refractivity contribution in [1.29, 1.82) is 0 Å². The molecule has 1 N–H and O–H groups in total. The molecule has 96 valence electrons. The highest BCUT2D eigenvalue weighted by Crippen LogP contribution is 2.25. The second-order valence-electron chi connectivity index (χ2n) is 4.64. The molecule has 1 nitrogen and oxygen atoms in total. The topological polar surface area (TPSA) is 12.0 Å². The van der Waals surface area contributed by atoms with Gasteiger partial charge in [0, 0.05) is 6.04 Å². The lowest BCUT2D eigenvalue weighted by Gasteiger charge is -2.18. The highest BCUT2D eigenvalue weighted by molar-refractivity contribution is 7.08. The fourth-order valence-corrected chi connectivity index (χ4v) is 3.20. The number of nitrogens with one attached hydrogen (secondary N) is 1. The van der Waals surface area contributed by atoms with Crippen molar-refractivity contribution in [3.8, 4) is 0 Å². The molecule has 0 radical (unpaired) electrons. The van der Waals surface area contributed by atoms with Crippen LogP contribution >= 0.6 is 11.3 Å². The normalized spacial score (nSPS) is 12.6. The van der Waals surface area contributed by atoms with Gasteiger partial charge in [-0.2, -0.15) is 11.3 Å². The predicted octanol–water partition coefficient (Wildman–Crippen LogP) is 4.34. The summed E-state index contributed by atoms with van der Waals surface area (Å²) in [7, 11) is 0. The van der Waals surface area contributed by atoms with Crippen molar-refractivity contribution in [3.05, 3.63) is 57.8 Å². The monoisotopic (exact) mass is 259 g/mol. The molecule has 0 aliphatic carbocycles. The van der Waals surface area contributed by atoms with Crippen LogP contribution in [0.1, 0.15) is 36.1 Å². The minimum atomic E-state index is 0.487. The summed E-state index contributed by atoms with van der Waals surface area (Å²) >= 11 is 1.80. The first kappa shape index (κ1) is 13.3. The van der Waals surface area contributed by atoms with E-state index in [9.17, 15) is 0 Å². The third kappa shape index (κ3) is 3.44. The first-order valence-corrected chi connectivity index (χ1v) is 7.55. The molecule has 0 aliphatic rings. The van der Waals surface area contributed by atoms with E-state index in [0.29, 0.717) is 6.04 Å². The second-order valence-corrected chi connectivity index (χ2v) is 5.39. The van der Waals surface area contributed by atoms with Gasteiger partial charge in [-0.25, -0.2) is 0 Å². The summed E-state index contributed by atoms with van der Waals surface area (Å²) in [4.78, 5) is 0. The zero-order chi connectivity index (χ0) is 12.8. The molecule has 0 fully saturated rings. The maximum atomic E-state index is 3.60. The summed E-state index contributed by atoms with van der Waals surface area (Å²) in [5, 5.41) is 8.13. The lowest BCUT2D eigenvalue weighted by Crippen LogP contribution is -2.21. The van der Waals surface area contributed by atoms with Crippen molar-refractivity contribution in [3.63, 3.8) is 0 Å². The quantitative estimate of drug-likeness (QED) is 0.813. The molecule has 1 aromatic heterocycles. The second kappa shape index (κ2) is 6.72. The average Bonchev–Trinajstić information content (AvgIpc) is 2.82. The van der Waals surface area contributed by atoms with E-state index in [-0.39, 0.29) is 0 Å². The highest BCUT2D eigenvalue weighted by Gasteiger charge is 2.13. The van der Waals surface area contributed by atoms with Gasteiger partial charge in [-0.1, -0.05) is 37.3 Å². The summed E-state index contributed by atoms with van der Waals surface area (Å²) < 4.78 is 0. The van der Waals surface area contributed by atoms with Crippen LogP contribution in [-0.4, -0.2) is 6.54 Å². The van der Waals surface area contributed by atoms with Gasteiger partial charge in [0.1, 0.15) is 0 Å². The molecule has 2 heteroatoms. The van der Waals surface area contributed by atoms with E-state index in [2.05, 4.69) is 60.3 Å². The Morgan fingerprint density at radius 3 is 2.56 bits per heavy atom. The number of hydrogen-bond donors (Lipinski definition) is 1. The van der Waals surface area contributed by atoms with Gasteiger partial charge in [-0.05, 0) is 53.8 Å². The fourth-order valence-electron chi connectivity index (χ4n) is 2.30. The number of rotatable bonds is 6. The Kier molecular flexibility index (Phi) is 4.97. The molecule has 1 heterocycles. The summed E-state index contributed by atoms with van der Waals surface area (Å²) in [6.07, 6.45) is 2.29. The van der Waals surface area contributed by atoms with Gasteiger partial charge in [-0.3, -0.25) is 0 Å². The van der Waals surface area contributed by atoms with E-state index in [4.69, 9.17) is 0 Å². The minimum absolute atomic E-state index is 0.487. The molecule has 0 aliphatic heterocycles. The molecule has 0 saturated heterocycles. The molecule has 0 spiro atoms. The summed E-state index contributed by atoms with van der Waals surface area (Å²) in [5.41, 5.74) is 4.31. The van der Waals surface area contributed by atoms with E-state index < -0.39 is 0 Å². The van der Waals surface area contributed by atoms with Crippen molar-refractivity contribution in [1.82, 2.24) is 5.32 Å². The molecular weight excluding hydrogens is 238 g/mol. The Morgan fingerprint density at radius 1 is 1.17 bits per heavy atom. The number of benzene rings is 1. The van der Waals surface area contributed by atoms with Crippen LogP contribution in [0.25, 0.3) is 0 Å². The third-order valence-electron chi connectivity index (χ3n) is 3.29. The van der Waals surface area contributed by atoms with Crippen LogP contribution in [-0.2, 0) is 6.42 Å². The summed E-state index contributed by atoms with van der Waals surface area (Å²) in [6.45, 7) is 5.41. The first-order chi connectivity index (χ1) is 8.81. The van der Waals surface area contributed by atoms with Crippen LogP contribution in [0.3, 0.4) is 0 Å². The van der Waals surface area contributed by atoms with Crippen molar-refractivity contribution in [2.24, 2.45) is 0 Å². The molecule has 2 rings (SSSR count). The standard InChI is InChI=1S/C16H21NS/c1-3-17-16(15-12-18-11-13(15)2)10-9-14-7-5-4-6-8-14/h4-8,11-12,16-17H,3,9-10H2,1-2H3. The number of thiophene rings is 1. The summed E-state index contributed by atoms with van der Waals surface area (Å²) in [6, 6.07) is 11.2. The molecule has 1 unspecified atom stereocenters. The Hall–Kier alpha value is -1.12. The van der Waals surface area contributed by atoms with E-state index in [1.165, 1.54) is 16.7 Å². The van der Waals surface area contributed by atoms with E-state index >= 15 is 0 Å². The van der Waals surface area contributed by atoms with Crippen molar-refractivity contribution in [2.75, 3.05) is 6.54 Å². The first-order valence-electron chi connectivity index (χ1n) is 6.61. The van der Waals surface area contributed by atoms with Crippen LogP contribution < -0.4 is 5.32 Å². The molecule has 1 aromatic carbocycles. The lowest BCUT2D eigenvalue weighted by atomic mass is 9.99. The molecule has 1 atom stereocenters. The van der Waals surface area contributed by atoms with Gasteiger partial charge in [-0.15, -0.1) is 0 Å². The number of aryl methyl sites for hydroxylation is 2. The van der Waals surface area contributed by atoms with Crippen LogP contribution in [0.15, 0.2) is 41.1 Å². The van der Waals surface area contributed by atoms with Gasteiger partial charge < -0.3 is 5.32 Å². The Bertz CT molecular complexity index is 461. The molecular formula is C16H21NS. The maximum absolute atomic E-state index is 3.60. The van der Waals surface area contributed by atoms with Crippen LogP contribution in [0.5, 0.6) is 0 Å². The smallest absolute Gasteiger partial charge is 0.0334 e. The fraction of sp³-hybridized carbons (Fsp3) is 0.375. The molecule has 18 heavy (non-hydrogen) atoms. The molecule has 0 saturated carbocycles. The van der Waals surface area contributed by atoms with Gasteiger partial charge in [0.15, 0.2) is 0 Å². The van der Waals surface area contributed by atoms with Crippen LogP contribution in [0.4, 0.5) is 0 Å². The maximum Gasteiger partial charge on any atom is 0.0334 e. The largest absolute Gasteiger partial charge is 0.310 e. The van der Waals surface area contributed by atoms with Gasteiger partial charge in [0.25, 0.3) is 0 Å². The molecule has 2 aromatic rings.